The van der Waals surface area contributed by atoms with Crippen LogP contribution in [0.25, 0.3) is 11.1 Å². The highest BCUT2D eigenvalue weighted by atomic mass is 16.5. The molecular formula is C41H60N3O4+. The minimum atomic E-state index is -1.08. The normalized spacial score (nSPS) is 12.9. The summed E-state index contributed by atoms with van der Waals surface area (Å²) in [4.78, 5) is 25.4. The van der Waals surface area contributed by atoms with E-state index in [1.54, 1.807) is 0 Å². The predicted molar refractivity (Wildman–Crippen MR) is 193 cm³/mol. The van der Waals surface area contributed by atoms with Gasteiger partial charge in [0.25, 0.3) is 0 Å². The lowest BCUT2D eigenvalue weighted by Gasteiger charge is -2.17. The zero-order chi connectivity index (χ0) is 34.0. The molecule has 1 aliphatic rings. The quantitative estimate of drug-likeness (QED) is 0.0742. The number of imidazole rings is 1. The molecule has 1 aliphatic carbocycles. The number of ether oxygens (including phenoxy) is 1. The summed E-state index contributed by atoms with van der Waals surface area (Å²) in [6, 6.07) is 15.3. The van der Waals surface area contributed by atoms with Crippen LogP contribution in [0.5, 0.6) is 0 Å². The third-order valence-corrected chi connectivity index (χ3v) is 9.84. The maximum Gasteiger partial charge on any atom is 0.407 e. The van der Waals surface area contributed by atoms with Crippen molar-refractivity contribution in [1.29, 1.82) is 0 Å². The number of rotatable bonds is 24. The average Bonchev–Trinajstić information content (AvgIpc) is 3.63. The summed E-state index contributed by atoms with van der Waals surface area (Å²) >= 11 is 0. The Kier molecular flexibility index (Phi) is 16.0. The lowest BCUT2D eigenvalue weighted by atomic mass is 9.98. The summed E-state index contributed by atoms with van der Waals surface area (Å²) in [5, 5.41) is 12.8. The summed E-state index contributed by atoms with van der Waals surface area (Å²) in [6.45, 7) is 6.43. The SMILES string of the molecule is CCCCCCCCCCn1c[n+](CCCCCCCCCC)cc1C[C@H](NC(=O)OCC1c2ccccc2-c2ccccc21)C(=O)O. The molecule has 0 saturated heterocycles. The molecule has 0 bridgehead atoms. The molecule has 1 heterocycles. The van der Waals surface area contributed by atoms with E-state index in [2.05, 4.69) is 65.1 Å². The average molecular weight is 659 g/mol. The van der Waals surface area contributed by atoms with Gasteiger partial charge in [0.2, 0.25) is 6.33 Å². The van der Waals surface area contributed by atoms with E-state index < -0.39 is 18.1 Å². The van der Waals surface area contributed by atoms with Crippen molar-refractivity contribution in [1.82, 2.24) is 9.88 Å². The number of unbranched alkanes of at least 4 members (excludes halogenated alkanes) is 14. The van der Waals surface area contributed by atoms with E-state index in [4.69, 9.17) is 4.74 Å². The fraction of sp³-hybridized carbons (Fsp3) is 0.585. The number of nitrogens with zero attached hydrogens (tertiary/aromatic N) is 2. The summed E-state index contributed by atoms with van der Waals surface area (Å²) in [5.41, 5.74) is 5.50. The van der Waals surface area contributed by atoms with E-state index in [1.165, 1.54) is 89.9 Å². The van der Waals surface area contributed by atoms with Crippen LogP contribution in [0, 0.1) is 0 Å². The molecule has 7 heteroatoms. The molecule has 0 fully saturated rings. The Morgan fingerprint density at radius 3 is 1.85 bits per heavy atom. The van der Waals surface area contributed by atoms with Crippen LogP contribution >= 0.6 is 0 Å². The maximum absolute atomic E-state index is 13.0. The third kappa shape index (κ3) is 11.5. The van der Waals surface area contributed by atoms with Crippen LogP contribution in [0.4, 0.5) is 4.79 Å². The van der Waals surface area contributed by atoms with Crippen molar-refractivity contribution in [2.24, 2.45) is 0 Å². The fourth-order valence-electron chi connectivity index (χ4n) is 7.08. The fourth-order valence-corrected chi connectivity index (χ4v) is 7.08. The number of carbonyl (C=O) groups is 2. The number of aromatic nitrogens is 2. The molecule has 2 aromatic carbocycles. The highest BCUT2D eigenvalue weighted by Gasteiger charge is 2.30. The van der Waals surface area contributed by atoms with Crippen molar-refractivity contribution >= 4 is 12.1 Å². The molecule has 1 aromatic heterocycles. The smallest absolute Gasteiger partial charge is 0.407 e. The molecule has 4 rings (SSSR count). The first kappa shape index (κ1) is 37.2. The van der Waals surface area contributed by atoms with Gasteiger partial charge < -0.3 is 15.2 Å². The molecule has 0 aliphatic heterocycles. The van der Waals surface area contributed by atoms with Crippen molar-refractivity contribution < 1.29 is 24.0 Å². The summed E-state index contributed by atoms with van der Waals surface area (Å²) in [5.74, 6) is -1.14. The van der Waals surface area contributed by atoms with Crippen molar-refractivity contribution in [3.63, 3.8) is 0 Å². The minimum absolute atomic E-state index is 0.0781. The van der Waals surface area contributed by atoms with Gasteiger partial charge >= 0.3 is 12.1 Å². The lowest BCUT2D eigenvalue weighted by Crippen LogP contribution is -2.43. The number of hydrogen-bond acceptors (Lipinski definition) is 3. The number of carbonyl (C=O) groups excluding carboxylic acids is 1. The van der Waals surface area contributed by atoms with E-state index in [9.17, 15) is 14.7 Å². The Bertz CT molecular complexity index is 1350. The molecule has 3 aromatic rings. The van der Waals surface area contributed by atoms with Gasteiger partial charge in [-0.2, -0.15) is 0 Å². The third-order valence-electron chi connectivity index (χ3n) is 9.84. The molecule has 7 nitrogen and oxygen atoms in total. The Morgan fingerprint density at radius 2 is 1.29 bits per heavy atom. The number of hydrogen-bond donors (Lipinski definition) is 2. The van der Waals surface area contributed by atoms with Crippen molar-refractivity contribution in [2.45, 2.75) is 148 Å². The minimum Gasteiger partial charge on any atom is -0.480 e. The zero-order valence-corrected chi connectivity index (χ0v) is 29.6. The van der Waals surface area contributed by atoms with Crippen LogP contribution < -0.4 is 9.88 Å². The molecule has 0 saturated carbocycles. The van der Waals surface area contributed by atoms with Crippen LogP contribution in [0.3, 0.4) is 0 Å². The van der Waals surface area contributed by atoms with Crippen LogP contribution in [-0.2, 0) is 29.0 Å². The Morgan fingerprint density at radius 1 is 0.771 bits per heavy atom. The van der Waals surface area contributed by atoms with Gasteiger partial charge in [-0.25, -0.2) is 18.7 Å². The Balaban J connectivity index is 1.33. The number of carboxylic acids is 1. The van der Waals surface area contributed by atoms with Crippen molar-refractivity contribution in [2.75, 3.05) is 6.61 Å². The number of nitrogens with one attached hydrogen (secondary N) is 1. The van der Waals surface area contributed by atoms with Crippen LogP contribution in [0.2, 0.25) is 0 Å². The van der Waals surface area contributed by atoms with Crippen molar-refractivity contribution in [3.8, 4) is 11.1 Å². The molecular weight excluding hydrogens is 598 g/mol. The lowest BCUT2D eigenvalue weighted by molar-refractivity contribution is -0.697. The topological polar surface area (TPSA) is 84.4 Å². The second kappa shape index (κ2) is 20.7. The van der Waals surface area contributed by atoms with E-state index in [1.807, 2.05) is 24.3 Å². The molecule has 0 unspecified atom stereocenters. The van der Waals surface area contributed by atoms with Gasteiger partial charge in [-0.15, -0.1) is 0 Å². The largest absolute Gasteiger partial charge is 0.480 e. The van der Waals surface area contributed by atoms with E-state index in [-0.39, 0.29) is 18.9 Å². The number of amides is 1. The van der Waals surface area contributed by atoms with Gasteiger partial charge in [0.1, 0.15) is 24.5 Å². The van der Waals surface area contributed by atoms with Gasteiger partial charge in [0, 0.05) is 12.3 Å². The van der Waals surface area contributed by atoms with E-state index in [0.29, 0.717) is 0 Å². The molecule has 1 amide bonds. The number of fused-ring (bicyclic) bond motifs is 3. The first-order valence-electron chi connectivity index (χ1n) is 18.9. The molecule has 2 N–H and O–H groups in total. The first-order valence-corrected chi connectivity index (χ1v) is 18.9. The second-order valence-corrected chi connectivity index (χ2v) is 13.7. The van der Waals surface area contributed by atoms with Gasteiger partial charge in [0.15, 0.2) is 0 Å². The van der Waals surface area contributed by atoms with Crippen LogP contribution in [0.15, 0.2) is 61.1 Å². The van der Waals surface area contributed by atoms with Crippen molar-refractivity contribution in [3.05, 3.63) is 77.9 Å². The number of carboxylic acid groups (broad SMARTS) is 1. The highest BCUT2D eigenvalue weighted by molar-refractivity contribution is 5.81. The molecule has 1 atom stereocenters. The molecule has 262 valence electrons. The first-order chi connectivity index (χ1) is 23.5. The van der Waals surface area contributed by atoms with E-state index >= 15 is 0 Å². The van der Waals surface area contributed by atoms with Gasteiger partial charge in [-0.3, -0.25) is 0 Å². The number of aliphatic carboxylic acids is 1. The van der Waals surface area contributed by atoms with Gasteiger partial charge in [-0.1, -0.05) is 139 Å². The Labute approximate surface area is 289 Å². The number of alkyl carbamates (subject to hydrolysis) is 1. The number of aryl methyl sites for hydroxylation is 2. The zero-order valence-electron chi connectivity index (χ0n) is 29.6. The van der Waals surface area contributed by atoms with Crippen LogP contribution in [0.1, 0.15) is 139 Å². The Hall–Kier alpha value is -3.61. The summed E-state index contributed by atoms with van der Waals surface area (Å²) in [7, 11) is 0. The highest BCUT2D eigenvalue weighted by Crippen LogP contribution is 2.44. The maximum atomic E-state index is 13.0. The molecule has 48 heavy (non-hydrogen) atoms. The van der Waals surface area contributed by atoms with Gasteiger partial charge in [0.05, 0.1) is 13.1 Å². The standard InChI is InChI=1S/C41H59N3O4/c1-3-5-7-9-11-13-15-21-27-43-30-33(44(32-43)28-22-16-14-12-10-8-6-4-2)29-39(40(45)46)42-41(47)48-31-38-36-25-19-17-23-34(36)35-24-18-20-26-37(35)38/h17-20,23-26,30,32,38-39H,3-16,21-22,27-29,31H2,1-2H3,(H-,42,45,46,47)/p+1/t39-/m0/s1. The number of benzene rings is 2. The van der Waals surface area contributed by atoms with Crippen LogP contribution in [-0.4, -0.2) is 34.4 Å². The summed E-state index contributed by atoms with van der Waals surface area (Å²) in [6.07, 6.45) is 23.9. The predicted octanol–water partition coefficient (Wildman–Crippen LogP) is 9.59. The summed E-state index contributed by atoms with van der Waals surface area (Å²) < 4.78 is 10.1. The molecule has 0 radical (unpaired) electrons. The van der Waals surface area contributed by atoms with Gasteiger partial charge in [-0.05, 0) is 47.9 Å². The van der Waals surface area contributed by atoms with E-state index in [0.717, 1.165) is 53.9 Å². The second-order valence-electron chi connectivity index (χ2n) is 13.7. The monoisotopic (exact) mass is 658 g/mol. The molecule has 0 spiro atoms.